The Balaban J connectivity index is 1.40. The Kier molecular flexibility index (Phi) is 5.19. The van der Waals surface area contributed by atoms with Crippen molar-refractivity contribution in [3.8, 4) is 5.75 Å². The van der Waals surface area contributed by atoms with Crippen molar-refractivity contribution in [1.29, 1.82) is 0 Å². The van der Waals surface area contributed by atoms with Gasteiger partial charge in [0.1, 0.15) is 23.5 Å². The van der Waals surface area contributed by atoms with E-state index in [1.165, 1.54) is 12.1 Å². The number of aromatic amines is 1. The van der Waals surface area contributed by atoms with Gasteiger partial charge in [0, 0.05) is 19.6 Å². The van der Waals surface area contributed by atoms with Crippen molar-refractivity contribution in [2.45, 2.75) is 19.4 Å². The van der Waals surface area contributed by atoms with Gasteiger partial charge in [0.05, 0.1) is 13.2 Å². The smallest absolute Gasteiger partial charge is 0.180 e. The second-order valence-electron chi connectivity index (χ2n) is 5.59. The van der Waals surface area contributed by atoms with Crippen LogP contribution in [0.25, 0.3) is 0 Å². The highest BCUT2D eigenvalue weighted by molar-refractivity contribution is 5.21. The average molecular weight is 320 g/mol. The van der Waals surface area contributed by atoms with Crippen molar-refractivity contribution in [3.05, 3.63) is 41.7 Å². The molecule has 1 atom stereocenters. The maximum atomic E-state index is 12.8. The molecule has 2 aromatic rings. The first-order valence-corrected chi connectivity index (χ1v) is 7.82. The summed E-state index contributed by atoms with van der Waals surface area (Å²) >= 11 is 0. The molecule has 2 heterocycles. The fraction of sp³-hybridized carbons (Fsp3) is 0.500. The second kappa shape index (κ2) is 7.52. The van der Waals surface area contributed by atoms with Crippen LogP contribution in [0.1, 0.15) is 24.2 Å². The van der Waals surface area contributed by atoms with Crippen molar-refractivity contribution in [1.82, 2.24) is 20.1 Å². The first-order chi connectivity index (χ1) is 11.2. The van der Waals surface area contributed by atoms with Crippen LogP contribution in [0, 0.1) is 12.7 Å². The zero-order chi connectivity index (χ0) is 16.1. The molecule has 0 unspecified atom stereocenters. The normalized spacial score (nSPS) is 19.0. The highest BCUT2D eigenvalue weighted by atomic mass is 19.1. The third kappa shape index (κ3) is 4.49. The van der Waals surface area contributed by atoms with Crippen LogP contribution in [0.15, 0.2) is 24.3 Å². The number of ether oxygens (including phenoxy) is 2. The molecule has 7 heteroatoms. The van der Waals surface area contributed by atoms with E-state index in [4.69, 9.17) is 9.47 Å². The van der Waals surface area contributed by atoms with Gasteiger partial charge in [-0.25, -0.2) is 9.37 Å². The molecule has 3 rings (SSSR count). The summed E-state index contributed by atoms with van der Waals surface area (Å²) in [5.41, 5.74) is 0. The number of halogens is 1. The van der Waals surface area contributed by atoms with E-state index in [0.29, 0.717) is 19.0 Å². The molecular weight excluding hydrogens is 299 g/mol. The summed E-state index contributed by atoms with van der Waals surface area (Å²) in [4.78, 5) is 6.67. The van der Waals surface area contributed by atoms with E-state index in [2.05, 4.69) is 20.1 Å². The number of morpholine rings is 1. The van der Waals surface area contributed by atoms with E-state index in [-0.39, 0.29) is 11.9 Å². The minimum atomic E-state index is -0.251. The summed E-state index contributed by atoms with van der Waals surface area (Å²) in [6.07, 6.45) is 0.823. The van der Waals surface area contributed by atoms with Crippen molar-refractivity contribution < 1.29 is 13.9 Å². The highest BCUT2D eigenvalue weighted by Crippen LogP contribution is 2.19. The van der Waals surface area contributed by atoms with Crippen molar-refractivity contribution in [3.63, 3.8) is 0 Å². The summed E-state index contributed by atoms with van der Waals surface area (Å²) < 4.78 is 24.2. The molecule has 6 nitrogen and oxygen atoms in total. The number of aryl methyl sites for hydroxylation is 1. The Labute approximate surface area is 134 Å². The highest BCUT2D eigenvalue weighted by Gasteiger charge is 2.24. The molecule has 124 valence electrons. The number of benzene rings is 1. The van der Waals surface area contributed by atoms with Crippen molar-refractivity contribution in [2.24, 2.45) is 0 Å². The summed E-state index contributed by atoms with van der Waals surface area (Å²) in [5.74, 6) is 1.96. The Morgan fingerprint density at radius 1 is 1.39 bits per heavy atom. The van der Waals surface area contributed by atoms with E-state index in [1.54, 1.807) is 12.1 Å². The molecule has 1 saturated heterocycles. The van der Waals surface area contributed by atoms with Gasteiger partial charge in [-0.15, -0.1) is 0 Å². The summed E-state index contributed by atoms with van der Waals surface area (Å²) in [6.45, 7) is 5.77. The van der Waals surface area contributed by atoms with Crippen LogP contribution < -0.4 is 4.74 Å². The van der Waals surface area contributed by atoms with Crippen LogP contribution in [-0.4, -0.2) is 52.9 Å². The molecule has 23 heavy (non-hydrogen) atoms. The lowest BCUT2D eigenvalue weighted by molar-refractivity contribution is -0.0351. The number of rotatable bonds is 6. The van der Waals surface area contributed by atoms with E-state index < -0.39 is 0 Å². The fourth-order valence-electron chi connectivity index (χ4n) is 2.57. The van der Waals surface area contributed by atoms with Crippen LogP contribution in [0.2, 0.25) is 0 Å². The van der Waals surface area contributed by atoms with Crippen LogP contribution in [0.4, 0.5) is 4.39 Å². The van der Waals surface area contributed by atoms with Gasteiger partial charge in [-0.05, 0) is 37.6 Å². The van der Waals surface area contributed by atoms with Gasteiger partial charge in [-0.1, -0.05) is 0 Å². The third-order valence-corrected chi connectivity index (χ3v) is 3.75. The van der Waals surface area contributed by atoms with Gasteiger partial charge < -0.3 is 9.47 Å². The molecule has 0 bridgehead atoms. The van der Waals surface area contributed by atoms with Crippen LogP contribution >= 0.6 is 0 Å². The second-order valence-corrected chi connectivity index (χ2v) is 5.59. The molecule has 1 aliphatic heterocycles. The Hall–Kier alpha value is -1.99. The van der Waals surface area contributed by atoms with Crippen LogP contribution in [0.5, 0.6) is 5.75 Å². The van der Waals surface area contributed by atoms with Crippen LogP contribution in [-0.2, 0) is 4.74 Å². The number of nitrogens with one attached hydrogen (secondary N) is 1. The van der Waals surface area contributed by atoms with E-state index in [1.807, 2.05) is 6.92 Å². The molecule has 1 fully saturated rings. The molecule has 1 aliphatic rings. The standard InChI is InChI=1S/C16H21FN4O2/c1-12-18-16(20-19-12)15-11-21(8-10-23-15)7-2-9-22-14-5-3-13(17)4-6-14/h3-6,15H,2,7-11H2,1H3,(H,18,19,20)/t15-/m1/s1. The molecule has 0 saturated carbocycles. The zero-order valence-corrected chi connectivity index (χ0v) is 13.2. The van der Waals surface area contributed by atoms with Gasteiger partial charge in [-0.2, -0.15) is 5.10 Å². The lowest BCUT2D eigenvalue weighted by Crippen LogP contribution is -2.39. The van der Waals surface area contributed by atoms with Crippen molar-refractivity contribution in [2.75, 3.05) is 32.8 Å². The molecule has 1 aromatic heterocycles. The van der Waals surface area contributed by atoms with E-state index in [9.17, 15) is 4.39 Å². The first kappa shape index (κ1) is 15.9. The third-order valence-electron chi connectivity index (χ3n) is 3.75. The van der Waals surface area contributed by atoms with Gasteiger partial charge in [0.2, 0.25) is 0 Å². The Bertz CT molecular complexity index is 617. The lowest BCUT2D eigenvalue weighted by Gasteiger charge is -2.31. The summed E-state index contributed by atoms with van der Waals surface area (Å²) in [7, 11) is 0. The Morgan fingerprint density at radius 2 is 2.22 bits per heavy atom. The average Bonchev–Trinajstić information content (AvgIpc) is 3.00. The van der Waals surface area contributed by atoms with Gasteiger partial charge in [0.25, 0.3) is 0 Å². The monoisotopic (exact) mass is 320 g/mol. The van der Waals surface area contributed by atoms with Crippen molar-refractivity contribution >= 4 is 0 Å². The number of H-pyrrole nitrogens is 1. The number of aromatic nitrogens is 3. The molecule has 0 amide bonds. The van der Waals surface area contributed by atoms with Gasteiger partial charge in [-0.3, -0.25) is 10.00 Å². The number of hydrogen-bond donors (Lipinski definition) is 1. The molecule has 0 aliphatic carbocycles. The zero-order valence-electron chi connectivity index (χ0n) is 13.2. The SMILES string of the molecule is Cc1nc([C@H]2CN(CCCOc3ccc(F)cc3)CCO2)n[nH]1. The minimum absolute atomic E-state index is 0.0771. The number of nitrogens with zero attached hydrogens (tertiary/aromatic N) is 3. The number of hydrogen-bond acceptors (Lipinski definition) is 5. The predicted molar refractivity (Wildman–Crippen MR) is 82.8 cm³/mol. The predicted octanol–water partition coefficient (Wildman–Crippen LogP) is 2.09. The lowest BCUT2D eigenvalue weighted by atomic mass is 10.2. The van der Waals surface area contributed by atoms with E-state index >= 15 is 0 Å². The van der Waals surface area contributed by atoms with Gasteiger partial charge >= 0.3 is 0 Å². The Morgan fingerprint density at radius 3 is 2.96 bits per heavy atom. The minimum Gasteiger partial charge on any atom is -0.494 e. The molecule has 1 N–H and O–H groups in total. The molecule has 1 aromatic carbocycles. The molecule has 0 radical (unpaired) electrons. The van der Waals surface area contributed by atoms with E-state index in [0.717, 1.165) is 37.7 Å². The van der Waals surface area contributed by atoms with Crippen LogP contribution in [0.3, 0.4) is 0 Å². The first-order valence-electron chi connectivity index (χ1n) is 7.82. The summed E-state index contributed by atoms with van der Waals surface area (Å²) in [5, 5.41) is 7.02. The largest absolute Gasteiger partial charge is 0.494 e. The maximum Gasteiger partial charge on any atom is 0.180 e. The maximum absolute atomic E-state index is 12.8. The molecule has 0 spiro atoms. The quantitative estimate of drug-likeness (QED) is 0.826. The topological polar surface area (TPSA) is 63.3 Å². The van der Waals surface area contributed by atoms with Gasteiger partial charge in [0.15, 0.2) is 5.82 Å². The molecular formula is C16H21FN4O2. The fourth-order valence-corrected chi connectivity index (χ4v) is 2.57. The summed E-state index contributed by atoms with van der Waals surface area (Å²) in [6, 6.07) is 6.10.